The summed E-state index contributed by atoms with van der Waals surface area (Å²) in [5.74, 6) is -1.51. The molecule has 2 rings (SSSR count). The SMILES string of the molecule is CC(C)OC(=O)[C@H](C)NP(=O)(N[C@@H](C)C(=O)OC(C)C)OC[C@@]1(CN=[N+]=[N-])O[C@@H](n2ccc(=O)[nH]c2=O)C[C@@H]1O. The van der Waals surface area contributed by atoms with Crippen LogP contribution in [0.4, 0.5) is 0 Å². The summed E-state index contributed by atoms with van der Waals surface area (Å²) in [6.45, 7) is 8.07. The van der Waals surface area contributed by atoms with Crippen molar-refractivity contribution in [2.24, 2.45) is 5.11 Å². The molecule has 1 aromatic heterocycles. The third-order valence-corrected chi connectivity index (χ3v) is 7.54. The van der Waals surface area contributed by atoms with Crippen molar-refractivity contribution in [3.8, 4) is 0 Å². The smallest absolute Gasteiger partial charge is 0.342 e. The highest BCUT2D eigenvalue weighted by Crippen LogP contribution is 2.44. The molecule has 1 saturated heterocycles. The number of ether oxygens (including phenoxy) is 3. The first-order chi connectivity index (χ1) is 18.6. The van der Waals surface area contributed by atoms with Gasteiger partial charge >= 0.3 is 25.3 Å². The van der Waals surface area contributed by atoms with Gasteiger partial charge in [0.2, 0.25) is 0 Å². The van der Waals surface area contributed by atoms with E-state index in [1.807, 2.05) is 0 Å². The van der Waals surface area contributed by atoms with Gasteiger partial charge in [-0.2, -0.15) is 0 Å². The fourth-order valence-electron chi connectivity index (χ4n) is 3.69. The van der Waals surface area contributed by atoms with Crippen molar-refractivity contribution in [1.29, 1.82) is 0 Å². The first kappa shape index (κ1) is 33.2. The number of rotatable bonds is 14. The van der Waals surface area contributed by atoms with E-state index < -0.39 is 86.2 Å². The van der Waals surface area contributed by atoms with Crippen molar-refractivity contribution in [1.82, 2.24) is 19.7 Å². The van der Waals surface area contributed by atoms with E-state index in [9.17, 15) is 28.8 Å². The van der Waals surface area contributed by atoms with E-state index in [2.05, 4.69) is 25.2 Å². The number of H-pyrrole nitrogens is 1. The number of nitrogens with zero attached hydrogens (tertiary/aromatic N) is 4. The number of carbonyl (C=O) groups excluding carboxylic acids is 2. The molecular formula is C22H36N7O10P. The van der Waals surface area contributed by atoms with Crippen LogP contribution >= 0.6 is 7.67 Å². The Bertz CT molecular complexity index is 1230. The molecule has 1 fully saturated rings. The zero-order valence-electron chi connectivity index (χ0n) is 23.1. The Morgan fingerprint density at radius 3 is 2.23 bits per heavy atom. The Balaban J connectivity index is 2.37. The highest BCUT2D eigenvalue weighted by Gasteiger charge is 2.50. The van der Waals surface area contributed by atoms with Gasteiger partial charge in [-0.25, -0.2) is 15.0 Å². The van der Waals surface area contributed by atoms with Gasteiger partial charge in [0.1, 0.15) is 23.9 Å². The molecule has 1 aromatic rings. The van der Waals surface area contributed by atoms with Gasteiger partial charge in [0.05, 0.1) is 31.5 Å². The van der Waals surface area contributed by atoms with Crippen LogP contribution in [-0.2, 0) is 32.9 Å². The standard InChI is InChI=1S/C22H36N7O10P/c1-12(2)37-19(32)14(5)26-40(35,27-15(6)20(33)38-13(3)4)36-11-22(10-24-28-23)16(30)9-18(39-22)29-8-7-17(31)25-21(29)34/h7-8,12-16,18,30H,9-11H2,1-6H3,(H,25,31,34)(H2,26,27,35)/t14-,15-,16-,18+,22+/m0/s1. The molecule has 224 valence electrons. The van der Waals surface area contributed by atoms with E-state index in [0.29, 0.717) is 0 Å². The molecule has 5 atom stereocenters. The van der Waals surface area contributed by atoms with E-state index >= 15 is 0 Å². The molecule has 0 spiro atoms. The lowest BCUT2D eigenvalue weighted by atomic mass is 9.98. The van der Waals surface area contributed by atoms with Gasteiger partial charge in [0, 0.05) is 23.6 Å². The first-order valence-electron chi connectivity index (χ1n) is 12.5. The molecule has 2 heterocycles. The number of aliphatic hydroxyl groups excluding tert-OH is 1. The van der Waals surface area contributed by atoms with E-state index in [0.717, 1.165) is 10.6 Å². The summed E-state index contributed by atoms with van der Waals surface area (Å²) < 4.78 is 36.8. The molecule has 17 nitrogen and oxygen atoms in total. The summed E-state index contributed by atoms with van der Waals surface area (Å²) in [5.41, 5.74) is 5.66. The number of aromatic nitrogens is 2. The summed E-state index contributed by atoms with van der Waals surface area (Å²) in [6.07, 6.45) is -2.46. The monoisotopic (exact) mass is 589 g/mol. The van der Waals surface area contributed by atoms with Gasteiger partial charge in [-0.3, -0.25) is 28.5 Å². The van der Waals surface area contributed by atoms with Gasteiger partial charge in [0.15, 0.2) is 0 Å². The molecule has 4 N–H and O–H groups in total. The number of aromatic amines is 1. The van der Waals surface area contributed by atoms with Crippen molar-refractivity contribution >= 4 is 19.6 Å². The van der Waals surface area contributed by atoms with Crippen LogP contribution in [0.1, 0.15) is 54.2 Å². The number of nitrogens with one attached hydrogen (secondary N) is 3. The van der Waals surface area contributed by atoms with Crippen molar-refractivity contribution in [3.05, 3.63) is 43.5 Å². The predicted octanol–water partition coefficient (Wildman–Crippen LogP) is 0.850. The second-order valence-electron chi connectivity index (χ2n) is 9.79. The number of azide groups is 1. The van der Waals surface area contributed by atoms with Crippen molar-refractivity contribution in [2.45, 2.75) is 90.2 Å². The summed E-state index contributed by atoms with van der Waals surface area (Å²) in [4.78, 5) is 53.3. The number of aliphatic hydroxyl groups is 1. The summed E-state index contributed by atoms with van der Waals surface area (Å²) in [5, 5.41) is 19.4. The summed E-state index contributed by atoms with van der Waals surface area (Å²) in [7, 11) is -4.33. The quantitative estimate of drug-likeness (QED) is 0.0777. The molecule has 0 amide bonds. The molecule has 18 heteroatoms. The van der Waals surface area contributed by atoms with Crippen molar-refractivity contribution in [3.63, 3.8) is 0 Å². The fraction of sp³-hybridized carbons (Fsp3) is 0.727. The molecule has 40 heavy (non-hydrogen) atoms. The lowest BCUT2D eigenvalue weighted by Crippen LogP contribution is -2.49. The first-order valence-corrected chi connectivity index (χ1v) is 14.1. The van der Waals surface area contributed by atoms with Crippen molar-refractivity contribution in [2.75, 3.05) is 13.2 Å². The molecule has 0 radical (unpaired) electrons. The summed E-state index contributed by atoms with van der Waals surface area (Å²) in [6, 6.07) is -1.27. The maximum atomic E-state index is 13.9. The molecule has 0 unspecified atom stereocenters. The second kappa shape index (κ2) is 14.0. The Kier molecular flexibility index (Phi) is 11.6. The van der Waals surface area contributed by atoms with Crippen LogP contribution < -0.4 is 21.4 Å². The normalized spacial score (nSPS) is 22.5. The third kappa shape index (κ3) is 8.99. The van der Waals surface area contributed by atoms with Gasteiger partial charge in [-0.05, 0) is 47.1 Å². The Morgan fingerprint density at radius 2 is 1.75 bits per heavy atom. The molecule has 0 aromatic carbocycles. The lowest BCUT2D eigenvalue weighted by molar-refractivity contribution is -0.149. The minimum Gasteiger partial charge on any atom is -0.462 e. The van der Waals surface area contributed by atoms with E-state index in [1.54, 1.807) is 27.7 Å². The van der Waals surface area contributed by atoms with Gasteiger partial charge in [0.25, 0.3) is 5.56 Å². The van der Waals surface area contributed by atoms with Crippen LogP contribution in [0.15, 0.2) is 27.0 Å². The van der Waals surface area contributed by atoms with Crippen LogP contribution in [0.5, 0.6) is 0 Å². The average Bonchev–Trinajstić information content (AvgIpc) is 3.16. The molecule has 1 aliphatic rings. The Labute approximate surface area is 229 Å². The van der Waals surface area contributed by atoms with E-state index in [4.69, 9.17) is 24.3 Å². The largest absolute Gasteiger partial charge is 0.462 e. The zero-order chi connectivity index (χ0) is 30.3. The second-order valence-corrected chi connectivity index (χ2v) is 11.7. The van der Waals surface area contributed by atoms with Crippen LogP contribution in [0, 0.1) is 0 Å². The van der Waals surface area contributed by atoms with Gasteiger partial charge < -0.3 is 23.8 Å². The van der Waals surface area contributed by atoms with Gasteiger partial charge in [-0.15, -0.1) is 0 Å². The lowest BCUT2D eigenvalue weighted by Gasteiger charge is -2.33. The third-order valence-electron chi connectivity index (χ3n) is 5.59. The fourth-order valence-corrected chi connectivity index (χ4v) is 5.55. The summed E-state index contributed by atoms with van der Waals surface area (Å²) >= 11 is 0. The predicted molar refractivity (Wildman–Crippen MR) is 140 cm³/mol. The minimum absolute atomic E-state index is 0.185. The van der Waals surface area contributed by atoms with Crippen LogP contribution in [0.3, 0.4) is 0 Å². The highest BCUT2D eigenvalue weighted by atomic mass is 31.2. The molecule has 0 aliphatic carbocycles. The topological polar surface area (TPSA) is 236 Å². The maximum Gasteiger partial charge on any atom is 0.342 e. The van der Waals surface area contributed by atoms with E-state index in [1.165, 1.54) is 20.0 Å². The molecule has 1 aliphatic heterocycles. The number of hydrogen-bond donors (Lipinski definition) is 4. The molecule has 0 bridgehead atoms. The van der Waals surface area contributed by atoms with Crippen LogP contribution in [0.25, 0.3) is 10.4 Å². The maximum absolute atomic E-state index is 13.9. The number of carbonyl (C=O) groups is 2. The van der Waals surface area contributed by atoms with Crippen LogP contribution in [-0.4, -0.2) is 75.7 Å². The number of hydrogen-bond acceptors (Lipinski definition) is 11. The molecule has 0 saturated carbocycles. The zero-order valence-corrected chi connectivity index (χ0v) is 24.0. The Hall–Kier alpha value is -3.04. The molecular weight excluding hydrogens is 553 g/mol. The van der Waals surface area contributed by atoms with Crippen molar-refractivity contribution < 1.29 is 38.0 Å². The average molecular weight is 590 g/mol. The van der Waals surface area contributed by atoms with Crippen LogP contribution in [0.2, 0.25) is 0 Å². The number of esters is 2. The Morgan fingerprint density at radius 1 is 1.20 bits per heavy atom. The van der Waals surface area contributed by atoms with Gasteiger partial charge in [-0.1, -0.05) is 5.11 Å². The minimum atomic E-state index is -4.33. The highest BCUT2D eigenvalue weighted by molar-refractivity contribution is 7.54. The van der Waals surface area contributed by atoms with E-state index in [-0.39, 0.29) is 6.42 Å².